The first-order valence-electron chi connectivity index (χ1n) is 10.2. The highest BCUT2D eigenvalue weighted by atomic mass is 16.7. The Morgan fingerprint density at radius 1 is 1.22 bits per heavy atom. The summed E-state index contributed by atoms with van der Waals surface area (Å²) in [5.41, 5.74) is -0.00172. The molecule has 4 rings (SSSR count). The first kappa shape index (κ1) is 18.6. The summed E-state index contributed by atoms with van der Waals surface area (Å²) >= 11 is 0. The van der Waals surface area contributed by atoms with Crippen LogP contribution in [0.2, 0.25) is 0 Å². The molecule has 1 saturated heterocycles. The van der Waals surface area contributed by atoms with Crippen molar-refractivity contribution < 1.29 is 19.4 Å². The highest BCUT2D eigenvalue weighted by Gasteiger charge is 2.35. The van der Waals surface area contributed by atoms with E-state index in [1.165, 1.54) is 19.3 Å². The van der Waals surface area contributed by atoms with Gasteiger partial charge in [-0.1, -0.05) is 25.8 Å². The van der Waals surface area contributed by atoms with E-state index >= 15 is 0 Å². The van der Waals surface area contributed by atoms with Crippen LogP contribution in [-0.4, -0.2) is 48.4 Å². The van der Waals surface area contributed by atoms with E-state index in [0.29, 0.717) is 50.2 Å². The number of hydrogen-bond acceptors (Lipinski definition) is 5. The highest BCUT2D eigenvalue weighted by Crippen LogP contribution is 2.39. The lowest BCUT2D eigenvalue weighted by Crippen LogP contribution is -2.49. The van der Waals surface area contributed by atoms with Gasteiger partial charge in [0.2, 0.25) is 12.7 Å². The number of hydrogen-bond donors (Lipinski definition) is 2. The summed E-state index contributed by atoms with van der Waals surface area (Å²) in [7, 11) is 0. The molecule has 0 unspecified atom stereocenters. The van der Waals surface area contributed by atoms with E-state index in [-0.39, 0.29) is 12.7 Å². The quantitative estimate of drug-likeness (QED) is 0.847. The van der Waals surface area contributed by atoms with Gasteiger partial charge in [-0.2, -0.15) is 0 Å². The van der Waals surface area contributed by atoms with Gasteiger partial charge < -0.3 is 19.9 Å². The average Bonchev–Trinajstić information content (AvgIpc) is 3.13. The lowest BCUT2D eigenvalue weighted by molar-refractivity contribution is -0.124. The molecule has 2 fully saturated rings. The van der Waals surface area contributed by atoms with Crippen molar-refractivity contribution in [3.05, 3.63) is 23.8 Å². The van der Waals surface area contributed by atoms with E-state index in [0.717, 1.165) is 17.7 Å². The number of nitrogens with one attached hydrogen (secondary N) is 1. The molecule has 0 spiro atoms. The van der Waals surface area contributed by atoms with Crippen molar-refractivity contribution in [3.8, 4) is 11.5 Å². The number of carbonyl (C=O) groups is 1. The molecule has 148 valence electrons. The van der Waals surface area contributed by atoms with Crippen LogP contribution in [0.4, 0.5) is 0 Å². The van der Waals surface area contributed by atoms with Gasteiger partial charge in [0.25, 0.3) is 0 Å². The molecule has 3 aliphatic rings. The highest BCUT2D eigenvalue weighted by molar-refractivity contribution is 5.78. The summed E-state index contributed by atoms with van der Waals surface area (Å²) in [6, 6.07) is 5.98. The fraction of sp³-hybridized carbons (Fsp3) is 0.667. The molecule has 1 aromatic carbocycles. The van der Waals surface area contributed by atoms with Crippen LogP contribution < -0.4 is 14.8 Å². The summed E-state index contributed by atoms with van der Waals surface area (Å²) in [6.07, 6.45) is 6.01. The molecule has 27 heavy (non-hydrogen) atoms. The molecule has 1 aromatic rings. The van der Waals surface area contributed by atoms with Gasteiger partial charge in [0.05, 0.1) is 12.1 Å². The van der Waals surface area contributed by atoms with Crippen LogP contribution in [0.25, 0.3) is 0 Å². The number of nitrogens with zero attached hydrogens (tertiary/aromatic N) is 1. The second kappa shape index (κ2) is 7.68. The number of benzene rings is 1. The fourth-order valence-electron chi connectivity index (χ4n) is 4.54. The van der Waals surface area contributed by atoms with E-state index in [1.54, 1.807) is 0 Å². The van der Waals surface area contributed by atoms with Crippen LogP contribution in [0.15, 0.2) is 18.2 Å². The van der Waals surface area contributed by atoms with Crippen LogP contribution in [0.3, 0.4) is 0 Å². The average molecular weight is 374 g/mol. The SMILES string of the molecule is C[C@@H]1CCCC[C@H]1NC(=O)CN1CCC(O)(c2ccc3c(c2)OCO3)CC1. The largest absolute Gasteiger partial charge is 0.454 e. The van der Waals surface area contributed by atoms with Crippen molar-refractivity contribution in [2.75, 3.05) is 26.4 Å². The van der Waals surface area contributed by atoms with Crippen molar-refractivity contribution in [1.82, 2.24) is 10.2 Å². The summed E-state index contributed by atoms with van der Waals surface area (Å²) in [4.78, 5) is 14.6. The molecule has 1 amide bonds. The van der Waals surface area contributed by atoms with E-state index in [4.69, 9.17) is 9.47 Å². The van der Waals surface area contributed by atoms with Crippen molar-refractivity contribution in [2.24, 2.45) is 5.92 Å². The number of aliphatic hydroxyl groups is 1. The molecule has 2 heterocycles. The van der Waals surface area contributed by atoms with Gasteiger partial charge in [-0.15, -0.1) is 0 Å². The van der Waals surface area contributed by atoms with E-state index in [1.807, 2.05) is 18.2 Å². The third-order valence-corrected chi connectivity index (χ3v) is 6.42. The molecule has 2 N–H and O–H groups in total. The molecule has 0 bridgehead atoms. The summed E-state index contributed by atoms with van der Waals surface area (Å²) in [5.74, 6) is 2.11. The maximum atomic E-state index is 12.4. The minimum Gasteiger partial charge on any atom is -0.454 e. The Labute approximate surface area is 160 Å². The Morgan fingerprint density at radius 2 is 1.96 bits per heavy atom. The smallest absolute Gasteiger partial charge is 0.234 e. The topological polar surface area (TPSA) is 71.0 Å². The van der Waals surface area contributed by atoms with Crippen molar-refractivity contribution in [3.63, 3.8) is 0 Å². The van der Waals surface area contributed by atoms with Crippen LogP contribution in [0, 0.1) is 5.92 Å². The Hall–Kier alpha value is -1.79. The van der Waals surface area contributed by atoms with Gasteiger partial charge in [-0.05, 0) is 49.3 Å². The molecule has 6 nitrogen and oxygen atoms in total. The number of piperidine rings is 1. The van der Waals surface area contributed by atoms with Crippen LogP contribution >= 0.6 is 0 Å². The number of rotatable bonds is 4. The second-order valence-electron chi connectivity index (χ2n) is 8.31. The lowest BCUT2D eigenvalue weighted by Gasteiger charge is -2.38. The predicted molar refractivity (Wildman–Crippen MR) is 102 cm³/mol. The normalized spacial score (nSPS) is 27.3. The van der Waals surface area contributed by atoms with Gasteiger partial charge >= 0.3 is 0 Å². The van der Waals surface area contributed by atoms with Gasteiger partial charge in [-0.3, -0.25) is 9.69 Å². The summed E-state index contributed by atoms with van der Waals surface area (Å²) < 4.78 is 10.8. The van der Waals surface area contributed by atoms with Gasteiger partial charge in [-0.25, -0.2) is 0 Å². The molecule has 2 aliphatic heterocycles. The third kappa shape index (κ3) is 4.06. The molecular weight excluding hydrogens is 344 g/mol. The zero-order valence-electron chi connectivity index (χ0n) is 16.1. The first-order chi connectivity index (χ1) is 13.0. The van der Waals surface area contributed by atoms with Crippen LogP contribution in [0.5, 0.6) is 11.5 Å². The van der Waals surface area contributed by atoms with Gasteiger partial charge in [0, 0.05) is 19.1 Å². The van der Waals surface area contributed by atoms with Crippen molar-refractivity contribution in [1.29, 1.82) is 0 Å². The maximum absolute atomic E-state index is 12.4. The fourth-order valence-corrected chi connectivity index (χ4v) is 4.54. The van der Waals surface area contributed by atoms with Crippen molar-refractivity contribution in [2.45, 2.75) is 57.1 Å². The van der Waals surface area contributed by atoms with Crippen molar-refractivity contribution >= 4 is 5.91 Å². The first-order valence-corrected chi connectivity index (χ1v) is 10.2. The molecular formula is C21H30N2O4. The minimum atomic E-state index is -0.869. The van der Waals surface area contributed by atoms with E-state index < -0.39 is 5.60 Å². The summed E-state index contributed by atoms with van der Waals surface area (Å²) in [5, 5.41) is 14.3. The van der Waals surface area contributed by atoms with Gasteiger partial charge in [0.1, 0.15) is 0 Å². The Balaban J connectivity index is 1.30. The number of amides is 1. The number of carbonyl (C=O) groups excluding carboxylic acids is 1. The Bertz CT molecular complexity index is 685. The Morgan fingerprint density at radius 3 is 2.74 bits per heavy atom. The second-order valence-corrected chi connectivity index (χ2v) is 8.31. The molecule has 0 aromatic heterocycles. The number of likely N-dealkylation sites (tertiary alicyclic amines) is 1. The number of fused-ring (bicyclic) bond motifs is 1. The lowest BCUT2D eigenvalue weighted by atomic mass is 9.84. The van der Waals surface area contributed by atoms with E-state index in [2.05, 4.69) is 17.1 Å². The molecule has 2 atom stereocenters. The minimum absolute atomic E-state index is 0.113. The van der Waals surface area contributed by atoms with Crippen LogP contribution in [0.1, 0.15) is 51.0 Å². The van der Waals surface area contributed by atoms with Crippen LogP contribution in [-0.2, 0) is 10.4 Å². The predicted octanol–water partition coefficient (Wildman–Crippen LogP) is 2.39. The van der Waals surface area contributed by atoms with E-state index in [9.17, 15) is 9.90 Å². The molecule has 6 heteroatoms. The summed E-state index contributed by atoms with van der Waals surface area (Å²) in [6.45, 7) is 4.30. The number of ether oxygens (including phenoxy) is 2. The van der Waals surface area contributed by atoms with Gasteiger partial charge in [0.15, 0.2) is 11.5 Å². The zero-order chi connectivity index (χ0) is 18.9. The molecule has 1 saturated carbocycles. The Kier molecular flexibility index (Phi) is 5.28. The standard InChI is InChI=1S/C21H30N2O4/c1-15-4-2-3-5-17(15)22-20(24)13-23-10-8-21(25,9-11-23)16-6-7-18-19(12-16)27-14-26-18/h6-7,12,15,17,25H,2-5,8-11,13-14H2,1H3,(H,22,24)/t15-,17-/m1/s1. The monoisotopic (exact) mass is 374 g/mol. The molecule has 1 aliphatic carbocycles. The maximum Gasteiger partial charge on any atom is 0.234 e. The zero-order valence-corrected chi connectivity index (χ0v) is 16.1. The third-order valence-electron chi connectivity index (χ3n) is 6.42. The molecule has 0 radical (unpaired) electrons.